The Hall–Kier alpha value is -2.52. The van der Waals surface area contributed by atoms with Crippen molar-refractivity contribution in [2.75, 3.05) is 0 Å². The maximum Gasteiger partial charge on any atom is 0.267 e. The Bertz CT molecular complexity index is 944. The van der Waals surface area contributed by atoms with E-state index in [4.69, 9.17) is 11.6 Å². The van der Waals surface area contributed by atoms with Gasteiger partial charge in [0.1, 0.15) is 11.7 Å². The van der Waals surface area contributed by atoms with Gasteiger partial charge in [-0.05, 0) is 49.8 Å². The molecule has 2 aromatic rings. The van der Waals surface area contributed by atoms with Crippen LogP contribution in [0, 0.1) is 23.2 Å². The molecule has 0 bridgehead atoms. The maximum absolute atomic E-state index is 12.8. The predicted octanol–water partition coefficient (Wildman–Crippen LogP) is 3.53. The van der Waals surface area contributed by atoms with Crippen LogP contribution in [0.4, 0.5) is 0 Å². The third kappa shape index (κ3) is 4.00. The van der Waals surface area contributed by atoms with E-state index in [2.05, 4.69) is 21.7 Å². The molecule has 0 aliphatic heterocycles. The summed E-state index contributed by atoms with van der Waals surface area (Å²) < 4.78 is 0. The first-order chi connectivity index (χ1) is 13.5. The average Bonchev–Trinajstić information content (AvgIpc) is 3.45. The number of amides is 2. The number of aromatic amines is 1. The lowest BCUT2D eigenvalue weighted by molar-refractivity contribution is -0.127. The molecule has 2 aliphatic rings. The fourth-order valence-corrected chi connectivity index (χ4v) is 4.20. The molecular formula is C21H23ClN4O2. The van der Waals surface area contributed by atoms with Crippen LogP contribution in [-0.4, -0.2) is 28.9 Å². The molecule has 2 aliphatic carbocycles. The van der Waals surface area contributed by atoms with Gasteiger partial charge in [0.15, 0.2) is 0 Å². The van der Waals surface area contributed by atoms with Gasteiger partial charge in [-0.15, -0.1) is 0 Å². The highest BCUT2D eigenvalue weighted by Crippen LogP contribution is 2.33. The molecule has 6 nitrogen and oxygen atoms in total. The Morgan fingerprint density at radius 1 is 1.18 bits per heavy atom. The molecule has 28 heavy (non-hydrogen) atoms. The molecule has 1 aromatic heterocycles. The van der Waals surface area contributed by atoms with Crippen molar-refractivity contribution < 1.29 is 9.59 Å². The second kappa shape index (κ2) is 7.84. The molecule has 2 fully saturated rings. The van der Waals surface area contributed by atoms with Gasteiger partial charge in [-0.1, -0.05) is 30.5 Å². The summed E-state index contributed by atoms with van der Waals surface area (Å²) in [7, 11) is 0. The van der Waals surface area contributed by atoms with Gasteiger partial charge >= 0.3 is 0 Å². The van der Waals surface area contributed by atoms with E-state index in [1.165, 1.54) is 0 Å². The van der Waals surface area contributed by atoms with E-state index < -0.39 is 6.04 Å². The normalized spacial score (nSPS) is 23.0. The van der Waals surface area contributed by atoms with E-state index in [-0.39, 0.29) is 29.7 Å². The van der Waals surface area contributed by atoms with E-state index >= 15 is 0 Å². The summed E-state index contributed by atoms with van der Waals surface area (Å²) in [5.41, 5.74) is 1.26. The lowest BCUT2D eigenvalue weighted by Gasteiger charge is -2.31. The van der Waals surface area contributed by atoms with Gasteiger partial charge in [0.05, 0.1) is 12.0 Å². The number of carbonyl (C=O) groups excluding carboxylic acids is 2. The number of rotatable bonds is 5. The van der Waals surface area contributed by atoms with Crippen molar-refractivity contribution in [3.8, 4) is 6.07 Å². The summed E-state index contributed by atoms with van der Waals surface area (Å²) in [6.45, 7) is 0. The van der Waals surface area contributed by atoms with Gasteiger partial charge in [-0.3, -0.25) is 9.59 Å². The number of hydrogen-bond acceptors (Lipinski definition) is 3. The van der Waals surface area contributed by atoms with E-state index in [1.807, 2.05) is 6.07 Å². The van der Waals surface area contributed by atoms with Crippen molar-refractivity contribution in [1.29, 1.82) is 5.26 Å². The van der Waals surface area contributed by atoms with Crippen LogP contribution in [0.1, 0.15) is 49.0 Å². The molecule has 7 heteroatoms. The first-order valence-corrected chi connectivity index (χ1v) is 10.2. The number of nitriles is 1. The fourth-order valence-electron chi connectivity index (χ4n) is 4.03. The molecule has 4 rings (SSSR count). The highest BCUT2D eigenvalue weighted by atomic mass is 35.5. The zero-order valence-electron chi connectivity index (χ0n) is 15.5. The number of carbonyl (C=O) groups is 2. The van der Waals surface area contributed by atoms with Gasteiger partial charge in [0.25, 0.3) is 5.91 Å². The van der Waals surface area contributed by atoms with Crippen molar-refractivity contribution in [3.63, 3.8) is 0 Å². The second-order valence-electron chi connectivity index (χ2n) is 7.84. The number of fused-ring (bicyclic) bond motifs is 1. The highest BCUT2D eigenvalue weighted by molar-refractivity contribution is 6.31. The maximum atomic E-state index is 12.8. The number of nitrogens with one attached hydrogen (secondary N) is 3. The number of nitrogens with zero attached hydrogens (tertiary/aromatic N) is 1. The summed E-state index contributed by atoms with van der Waals surface area (Å²) in [5, 5.41) is 16.7. The Morgan fingerprint density at radius 2 is 1.96 bits per heavy atom. The molecule has 0 saturated heterocycles. The zero-order chi connectivity index (χ0) is 19.7. The average molecular weight is 399 g/mol. The second-order valence-corrected chi connectivity index (χ2v) is 8.27. The molecular weight excluding hydrogens is 376 g/mol. The molecule has 0 spiro atoms. The lowest BCUT2D eigenvalue weighted by Crippen LogP contribution is -2.50. The molecule has 146 valence electrons. The van der Waals surface area contributed by atoms with Crippen LogP contribution in [0.5, 0.6) is 0 Å². The Balaban J connectivity index is 1.45. The van der Waals surface area contributed by atoms with Crippen LogP contribution in [-0.2, 0) is 4.79 Å². The first kappa shape index (κ1) is 18.8. The SMILES string of the molecule is N#CC(NC(=O)C1CCCCC1NC(=O)c1cc2ccc(Cl)cc2[nH]1)C1CC1. The minimum absolute atomic E-state index is 0.119. The van der Waals surface area contributed by atoms with Crippen LogP contribution in [0.3, 0.4) is 0 Å². The molecule has 1 aromatic carbocycles. The highest BCUT2D eigenvalue weighted by Gasteiger charge is 2.37. The number of benzene rings is 1. The third-order valence-corrected chi connectivity index (χ3v) is 6.01. The molecule has 1 heterocycles. The van der Waals surface area contributed by atoms with Crippen molar-refractivity contribution >= 4 is 34.3 Å². The minimum Gasteiger partial charge on any atom is -0.350 e. The van der Waals surface area contributed by atoms with Crippen molar-refractivity contribution in [2.24, 2.45) is 11.8 Å². The summed E-state index contributed by atoms with van der Waals surface area (Å²) in [4.78, 5) is 28.6. The Labute approximate surface area is 168 Å². The number of H-pyrrole nitrogens is 1. The van der Waals surface area contributed by atoms with Crippen LogP contribution in [0.2, 0.25) is 5.02 Å². The lowest BCUT2D eigenvalue weighted by atomic mass is 9.83. The van der Waals surface area contributed by atoms with Crippen molar-refractivity contribution in [3.05, 3.63) is 35.0 Å². The van der Waals surface area contributed by atoms with Gasteiger partial charge in [-0.2, -0.15) is 5.26 Å². The van der Waals surface area contributed by atoms with Gasteiger partial charge < -0.3 is 15.6 Å². The van der Waals surface area contributed by atoms with E-state index in [0.29, 0.717) is 10.7 Å². The van der Waals surface area contributed by atoms with Crippen LogP contribution < -0.4 is 10.6 Å². The van der Waals surface area contributed by atoms with Crippen LogP contribution in [0.25, 0.3) is 10.9 Å². The van der Waals surface area contributed by atoms with Gasteiger partial charge in [0, 0.05) is 22.0 Å². The predicted molar refractivity (Wildman–Crippen MR) is 107 cm³/mol. The topological polar surface area (TPSA) is 97.8 Å². The molecule has 0 radical (unpaired) electrons. The van der Waals surface area contributed by atoms with Gasteiger partial charge in [0.2, 0.25) is 5.91 Å². The Kier molecular flexibility index (Phi) is 5.27. The number of hydrogen-bond donors (Lipinski definition) is 3. The van der Waals surface area contributed by atoms with Crippen molar-refractivity contribution in [1.82, 2.24) is 15.6 Å². The summed E-state index contributed by atoms with van der Waals surface area (Å²) >= 11 is 6.01. The number of aromatic nitrogens is 1. The Morgan fingerprint density at radius 3 is 2.71 bits per heavy atom. The minimum atomic E-state index is -0.413. The quantitative estimate of drug-likeness (QED) is 0.718. The smallest absolute Gasteiger partial charge is 0.267 e. The monoisotopic (exact) mass is 398 g/mol. The molecule has 2 amide bonds. The standard InChI is InChI=1S/C21H23ClN4O2/c22-14-8-7-13-9-18(24-17(13)10-14)21(28)25-16-4-2-1-3-15(16)20(27)26-19(11-23)12-5-6-12/h7-10,12,15-16,19,24H,1-6H2,(H,25,28)(H,26,27). The molecule has 3 unspecified atom stereocenters. The summed E-state index contributed by atoms with van der Waals surface area (Å²) in [6, 6.07) is 8.78. The van der Waals surface area contributed by atoms with Crippen LogP contribution in [0.15, 0.2) is 24.3 Å². The van der Waals surface area contributed by atoms with Gasteiger partial charge in [-0.25, -0.2) is 0 Å². The first-order valence-electron chi connectivity index (χ1n) is 9.84. The van der Waals surface area contributed by atoms with E-state index in [1.54, 1.807) is 18.2 Å². The summed E-state index contributed by atoms with van der Waals surface area (Å²) in [5.74, 6) is -0.363. The number of halogens is 1. The molecule has 3 N–H and O–H groups in total. The summed E-state index contributed by atoms with van der Waals surface area (Å²) in [6.07, 6.45) is 5.40. The molecule has 2 saturated carbocycles. The van der Waals surface area contributed by atoms with Crippen LogP contribution >= 0.6 is 11.6 Å². The molecule has 3 atom stereocenters. The fraction of sp³-hybridized carbons (Fsp3) is 0.476. The largest absolute Gasteiger partial charge is 0.350 e. The van der Waals surface area contributed by atoms with E-state index in [9.17, 15) is 14.9 Å². The third-order valence-electron chi connectivity index (χ3n) is 5.78. The van der Waals surface area contributed by atoms with Crippen molar-refractivity contribution in [2.45, 2.75) is 50.6 Å². The zero-order valence-corrected chi connectivity index (χ0v) is 16.3. The van der Waals surface area contributed by atoms with E-state index in [0.717, 1.165) is 49.4 Å².